The molecule has 0 aliphatic carbocycles. The molecule has 1 aromatic rings. The number of nitrogens with zero attached hydrogens (tertiary/aromatic N) is 1. The molecule has 0 saturated carbocycles. The average Bonchev–Trinajstić information content (AvgIpc) is 2.90. The zero-order chi connectivity index (χ0) is 16.9. The first-order valence-corrected chi connectivity index (χ1v) is 8.33. The molecule has 8 heteroatoms. The van der Waals surface area contributed by atoms with Crippen LogP contribution in [0.4, 0.5) is 22.4 Å². The Bertz CT molecular complexity index is 538. The molecule has 23 heavy (non-hydrogen) atoms. The first kappa shape index (κ1) is 17.9. The molecule has 1 aliphatic rings. The van der Waals surface area contributed by atoms with Crippen LogP contribution < -0.4 is 5.32 Å². The molecule has 0 spiro atoms. The number of thioether (sulfide) groups is 1. The van der Waals surface area contributed by atoms with Crippen LogP contribution in [0.25, 0.3) is 0 Å². The van der Waals surface area contributed by atoms with Crippen molar-refractivity contribution >= 4 is 17.8 Å². The van der Waals surface area contributed by atoms with Crippen LogP contribution in [0.3, 0.4) is 0 Å². The number of amides is 2. The lowest BCUT2D eigenvalue weighted by molar-refractivity contribution is -0.0327. The molecule has 2 amide bonds. The molecule has 1 saturated heterocycles. The third-order valence-electron chi connectivity index (χ3n) is 3.64. The fourth-order valence-corrected chi connectivity index (χ4v) is 3.11. The van der Waals surface area contributed by atoms with Crippen molar-refractivity contribution < 1.29 is 22.4 Å². The summed E-state index contributed by atoms with van der Waals surface area (Å²) in [5, 5.41) is 2.52. The van der Waals surface area contributed by atoms with E-state index in [1.165, 1.54) is 12.1 Å². The molecule has 0 radical (unpaired) electrons. The smallest absolute Gasteiger partial charge is 0.337 e. The lowest BCUT2D eigenvalue weighted by atomic mass is 10.0. The molecule has 3 nitrogen and oxygen atoms in total. The van der Waals surface area contributed by atoms with Gasteiger partial charge >= 0.3 is 11.5 Å². The van der Waals surface area contributed by atoms with Crippen LogP contribution in [-0.4, -0.2) is 41.3 Å². The second kappa shape index (κ2) is 7.90. The Hall–Kier alpha value is -1.44. The van der Waals surface area contributed by atoms with Gasteiger partial charge in [0, 0.05) is 24.9 Å². The molecule has 1 atom stereocenters. The molecule has 1 N–H and O–H groups in total. The number of urea groups is 1. The van der Waals surface area contributed by atoms with Crippen LogP contribution in [0.15, 0.2) is 24.3 Å². The Morgan fingerprint density at radius 3 is 2.87 bits per heavy atom. The lowest BCUT2D eigenvalue weighted by Crippen LogP contribution is -2.44. The van der Waals surface area contributed by atoms with Crippen LogP contribution in [0, 0.1) is 5.82 Å². The van der Waals surface area contributed by atoms with Gasteiger partial charge in [0.25, 0.3) is 0 Å². The normalized spacial score (nSPS) is 18.3. The van der Waals surface area contributed by atoms with Gasteiger partial charge in [-0.2, -0.15) is 13.2 Å². The maximum Gasteiger partial charge on any atom is 0.441 e. The third kappa shape index (κ3) is 5.93. The number of halogens is 4. The number of likely N-dealkylation sites (tertiary alicyclic amines) is 1. The van der Waals surface area contributed by atoms with Gasteiger partial charge in [-0.15, -0.1) is 0 Å². The van der Waals surface area contributed by atoms with Crippen molar-refractivity contribution in [1.82, 2.24) is 10.2 Å². The molecule has 1 heterocycles. The van der Waals surface area contributed by atoms with E-state index in [0.717, 1.165) is 18.4 Å². The van der Waals surface area contributed by atoms with E-state index >= 15 is 0 Å². The Morgan fingerprint density at radius 1 is 1.39 bits per heavy atom. The van der Waals surface area contributed by atoms with Crippen molar-refractivity contribution in [3.05, 3.63) is 35.6 Å². The molecule has 128 valence electrons. The molecular weight excluding hydrogens is 332 g/mol. The van der Waals surface area contributed by atoms with Gasteiger partial charge in [-0.3, -0.25) is 0 Å². The molecule has 1 fully saturated rings. The summed E-state index contributed by atoms with van der Waals surface area (Å²) in [6.07, 6.45) is 2.19. The highest BCUT2D eigenvalue weighted by molar-refractivity contribution is 8.00. The number of rotatable bonds is 5. The number of carbonyl (C=O) groups is 1. The van der Waals surface area contributed by atoms with Gasteiger partial charge < -0.3 is 10.2 Å². The second-order valence-corrected chi connectivity index (χ2v) is 6.51. The number of alkyl halides is 3. The van der Waals surface area contributed by atoms with Crippen LogP contribution in [0.2, 0.25) is 0 Å². The summed E-state index contributed by atoms with van der Waals surface area (Å²) in [5.41, 5.74) is -3.47. The quantitative estimate of drug-likeness (QED) is 0.647. The van der Waals surface area contributed by atoms with Gasteiger partial charge in [-0.1, -0.05) is 12.1 Å². The number of nitrogens with one attached hydrogen (secondary N) is 1. The first-order chi connectivity index (χ1) is 10.8. The minimum Gasteiger partial charge on any atom is -0.337 e. The van der Waals surface area contributed by atoms with Crippen LogP contribution >= 0.6 is 11.8 Å². The van der Waals surface area contributed by atoms with E-state index < -0.39 is 5.51 Å². The SMILES string of the molecule is O=C(NCCSC(F)(F)F)N1CCCC1Cc1cccc(F)c1. The lowest BCUT2D eigenvalue weighted by Gasteiger charge is -2.25. The van der Waals surface area contributed by atoms with E-state index in [-0.39, 0.29) is 41.9 Å². The van der Waals surface area contributed by atoms with Crippen LogP contribution in [0.5, 0.6) is 0 Å². The summed E-state index contributed by atoms with van der Waals surface area (Å²) in [7, 11) is 0. The minimum absolute atomic E-state index is 0.0355. The Kier molecular flexibility index (Phi) is 6.15. The molecule has 1 unspecified atom stereocenters. The minimum atomic E-state index is -4.28. The molecule has 0 bridgehead atoms. The number of hydrogen-bond acceptors (Lipinski definition) is 2. The van der Waals surface area contributed by atoms with Crippen LogP contribution in [-0.2, 0) is 6.42 Å². The van der Waals surface area contributed by atoms with Gasteiger partial charge in [0.15, 0.2) is 0 Å². The van der Waals surface area contributed by atoms with Gasteiger partial charge in [-0.05, 0) is 48.7 Å². The monoisotopic (exact) mass is 350 g/mol. The van der Waals surface area contributed by atoms with E-state index in [2.05, 4.69) is 5.32 Å². The fraction of sp³-hybridized carbons (Fsp3) is 0.533. The van der Waals surface area contributed by atoms with Crippen molar-refractivity contribution in [3.63, 3.8) is 0 Å². The molecule has 1 aromatic carbocycles. The van der Waals surface area contributed by atoms with Crippen molar-refractivity contribution in [2.45, 2.75) is 30.8 Å². The van der Waals surface area contributed by atoms with Crippen molar-refractivity contribution in [3.8, 4) is 0 Å². The summed E-state index contributed by atoms with van der Waals surface area (Å²) in [4.78, 5) is 13.7. The molecule has 0 aromatic heterocycles. The summed E-state index contributed by atoms with van der Waals surface area (Å²) in [5.74, 6) is -0.529. The highest BCUT2D eigenvalue weighted by Crippen LogP contribution is 2.29. The Balaban J connectivity index is 1.82. The Labute approximate surface area is 136 Å². The molecular formula is C15H18F4N2OS. The van der Waals surface area contributed by atoms with Gasteiger partial charge in [-0.25, -0.2) is 9.18 Å². The van der Waals surface area contributed by atoms with E-state index in [4.69, 9.17) is 0 Å². The highest BCUT2D eigenvalue weighted by Gasteiger charge is 2.30. The number of hydrogen-bond donors (Lipinski definition) is 1. The van der Waals surface area contributed by atoms with Crippen molar-refractivity contribution in [2.75, 3.05) is 18.8 Å². The van der Waals surface area contributed by atoms with Crippen LogP contribution in [0.1, 0.15) is 18.4 Å². The fourth-order valence-electron chi connectivity index (χ4n) is 2.68. The van der Waals surface area contributed by atoms with Gasteiger partial charge in [0.2, 0.25) is 0 Å². The summed E-state index contributed by atoms with van der Waals surface area (Å²) < 4.78 is 49.3. The summed E-state index contributed by atoms with van der Waals surface area (Å²) in [6, 6.07) is 5.82. The topological polar surface area (TPSA) is 32.3 Å². The van der Waals surface area contributed by atoms with Gasteiger partial charge in [0.05, 0.1) is 0 Å². The van der Waals surface area contributed by atoms with Crippen molar-refractivity contribution in [2.24, 2.45) is 0 Å². The Morgan fingerprint density at radius 2 is 2.17 bits per heavy atom. The standard InChI is InChI=1S/C15H18F4N2OS/c16-12-4-1-3-11(9-12)10-13-5-2-7-21(13)14(22)20-6-8-23-15(17,18)19/h1,3-4,9,13H,2,5-8,10H2,(H,20,22). The predicted octanol–water partition coefficient (Wildman–Crippen LogP) is 3.80. The van der Waals surface area contributed by atoms with Crippen molar-refractivity contribution in [1.29, 1.82) is 0 Å². The largest absolute Gasteiger partial charge is 0.441 e. The average molecular weight is 350 g/mol. The van der Waals surface area contributed by atoms with Gasteiger partial charge in [0.1, 0.15) is 5.82 Å². The first-order valence-electron chi connectivity index (χ1n) is 7.35. The predicted molar refractivity (Wildman–Crippen MR) is 81.7 cm³/mol. The van der Waals surface area contributed by atoms with E-state index in [1.54, 1.807) is 17.0 Å². The highest BCUT2D eigenvalue weighted by atomic mass is 32.2. The maximum absolute atomic E-state index is 13.2. The summed E-state index contributed by atoms with van der Waals surface area (Å²) >= 11 is -0.152. The van der Waals surface area contributed by atoms with E-state index in [1.807, 2.05) is 0 Å². The third-order valence-corrected chi connectivity index (χ3v) is 4.38. The molecule has 2 rings (SSSR count). The number of benzene rings is 1. The van der Waals surface area contributed by atoms with E-state index in [9.17, 15) is 22.4 Å². The van der Waals surface area contributed by atoms with E-state index in [0.29, 0.717) is 13.0 Å². The zero-order valence-corrected chi connectivity index (χ0v) is 13.2. The molecule has 1 aliphatic heterocycles. The maximum atomic E-state index is 13.2. The zero-order valence-electron chi connectivity index (χ0n) is 12.4. The second-order valence-electron chi connectivity index (χ2n) is 5.35. The summed E-state index contributed by atoms with van der Waals surface area (Å²) in [6.45, 7) is 0.532. The number of carbonyl (C=O) groups excluding carboxylic acids is 1.